The number of fused-ring (bicyclic) bond motifs is 2. The summed E-state index contributed by atoms with van der Waals surface area (Å²) in [6.45, 7) is -0.0252. The minimum absolute atomic E-state index is 0.0206. The Morgan fingerprint density at radius 1 is 1.14 bits per heavy atom. The standard InChI is InChI=1S/C20H17F2N3O3/c21-12-7-8-13-17(10-12)25(20(28)16-6-3-9-24(16)19(13)27)11-18(26)23-15-5-2-1-4-14(15)22/h1-2,4-5,7-8,10,16H,3,6,9,11H2,(H,23,26)/t16-/m1/s1. The molecule has 8 heteroatoms. The molecule has 1 N–H and O–H groups in total. The van der Waals surface area contributed by atoms with E-state index < -0.39 is 36.0 Å². The zero-order valence-corrected chi connectivity index (χ0v) is 14.8. The van der Waals surface area contributed by atoms with Gasteiger partial charge < -0.3 is 15.1 Å². The first-order valence-corrected chi connectivity index (χ1v) is 8.92. The van der Waals surface area contributed by atoms with E-state index >= 15 is 0 Å². The lowest BCUT2D eigenvalue weighted by Crippen LogP contribution is -2.47. The Hall–Kier alpha value is -3.29. The van der Waals surface area contributed by atoms with Crippen LogP contribution in [0.25, 0.3) is 0 Å². The van der Waals surface area contributed by atoms with Gasteiger partial charge in [0, 0.05) is 6.54 Å². The van der Waals surface area contributed by atoms with Gasteiger partial charge >= 0.3 is 0 Å². The first kappa shape index (κ1) is 18.1. The van der Waals surface area contributed by atoms with Crippen molar-refractivity contribution in [2.75, 3.05) is 23.3 Å². The Kier molecular flexibility index (Phi) is 4.54. The van der Waals surface area contributed by atoms with Crippen LogP contribution in [0.1, 0.15) is 23.2 Å². The molecule has 0 unspecified atom stereocenters. The maximum Gasteiger partial charge on any atom is 0.256 e. The summed E-state index contributed by atoms with van der Waals surface area (Å²) in [4.78, 5) is 40.9. The predicted molar refractivity (Wildman–Crippen MR) is 97.8 cm³/mol. The molecule has 1 fully saturated rings. The van der Waals surface area contributed by atoms with Gasteiger partial charge in [0.15, 0.2) is 0 Å². The minimum Gasteiger partial charge on any atom is -0.327 e. The summed E-state index contributed by atoms with van der Waals surface area (Å²) in [7, 11) is 0. The van der Waals surface area contributed by atoms with Gasteiger partial charge in [-0.2, -0.15) is 0 Å². The highest BCUT2D eigenvalue weighted by atomic mass is 19.1. The van der Waals surface area contributed by atoms with Crippen molar-refractivity contribution in [3.8, 4) is 0 Å². The van der Waals surface area contributed by atoms with E-state index in [9.17, 15) is 23.2 Å². The van der Waals surface area contributed by atoms with Crippen LogP contribution in [0, 0.1) is 11.6 Å². The average molecular weight is 385 g/mol. The topological polar surface area (TPSA) is 69.7 Å². The van der Waals surface area contributed by atoms with Crippen LogP contribution in [0.5, 0.6) is 0 Å². The summed E-state index contributed by atoms with van der Waals surface area (Å²) in [5.41, 5.74) is 0.193. The number of benzene rings is 2. The van der Waals surface area contributed by atoms with Crippen molar-refractivity contribution in [1.82, 2.24) is 4.90 Å². The van der Waals surface area contributed by atoms with E-state index in [4.69, 9.17) is 0 Å². The molecule has 0 saturated carbocycles. The normalized spacial score (nSPS) is 18.6. The molecule has 0 radical (unpaired) electrons. The van der Waals surface area contributed by atoms with Crippen molar-refractivity contribution >= 4 is 29.1 Å². The lowest BCUT2D eigenvalue weighted by atomic mass is 10.1. The predicted octanol–water partition coefficient (Wildman–Crippen LogP) is 2.55. The van der Waals surface area contributed by atoms with Crippen LogP contribution in [0.15, 0.2) is 42.5 Å². The fourth-order valence-corrected chi connectivity index (χ4v) is 3.69. The fourth-order valence-electron chi connectivity index (χ4n) is 3.69. The van der Waals surface area contributed by atoms with Gasteiger partial charge in [-0.05, 0) is 43.2 Å². The molecule has 0 bridgehead atoms. The van der Waals surface area contributed by atoms with Crippen molar-refractivity contribution < 1.29 is 23.2 Å². The second-order valence-corrected chi connectivity index (χ2v) is 6.77. The van der Waals surface area contributed by atoms with E-state index in [-0.39, 0.29) is 22.8 Å². The van der Waals surface area contributed by atoms with E-state index in [1.54, 1.807) is 6.07 Å². The highest BCUT2D eigenvalue weighted by Crippen LogP contribution is 2.33. The zero-order valence-electron chi connectivity index (χ0n) is 14.8. The summed E-state index contributed by atoms with van der Waals surface area (Å²) in [5, 5.41) is 2.41. The van der Waals surface area contributed by atoms with Crippen molar-refractivity contribution in [2.24, 2.45) is 0 Å². The number of nitrogens with zero attached hydrogens (tertiary/aromatic N) is 2. The first-order chi connectivity index (χ1) is 13.5. The van der Waals surface area contributed by atoms with Crippen LogP contribution in [0.4, 0.5) is 20.2 Å². The summed E-state index contributed by atoms with van der Waals surface area (Å²) in [6.07, 6.45) is 1.15. The van der Waals surface area contributed by atoms with Gasteiger partial charge in [-0.3, -0.25) is 14.4 Å². The molecular formula is C20H17F2N3O3. The van der Waals surface area contributed by atoms with Gasteiger partial charge in [-0.15, -0.1) is 0 Å². The Bertz CT molecular complexity index is 979. The van der Waals surface area contributed by atoms with E-state index in [0.29, 0.717) is 19.4 Å². The molecule has 28 heavy (non-hydrogen) atoms. The van der Waals surface area contributed by atoms with E-state index in [1.165, 1.54) is 29.2 Å². The second kappa shape index (κ2) is 7.03. The molecule has 0 aromatic heterocycles. The van der Waals surface area contributed by atoms with Gasteiger partial charge in [0.25, 0.3) is 5.91 Å². The molecule has 2 heterocycles. The molecule has 2 aromatic carbocycles. The van der Waals surface area contributed by atoms with Crippen LogP contribution in [0.3, 0.4) is 0 Å². The third-order valence-corrected chi connectivity index (χ3v) is 5.00. The highest BCUT2D eigenvalue weighted by molar-refractivity contribution is 6.13. The van der Waals surface area contributed by atoms with Crippen LogP contribution < -0.4 is 10.2 Å². The van der Waals surface area contributed by atoms with Crippen molar-refractivity contribution in [2.45, 2.75) is 18.9 Å². The number of carbonyl (C=O) groups is 3. The maximum absolute atomic E-state index is 13.9. The zero-order chi connectivity index (χ0) is 19.8. The minimum atomic E-state index is -0.691. The van der Waals surface area contributed by atoms with E-state index in [1.807, 2.05) is 0 Å². The number of anilines is 2. The molecule has 2 aliphatic heterocycles. The highest BCUT2D eigenvalue weighted by Gasteiger charge is 2.42. The molecule has 2 aliphatic rings. The van der Waals surface area contributed by atoms with Crippen molar-refractivity contribution in [3.63, 3.8) is 0 Å². The average Bonchev–Trinajstić information content (AvgIpc) is 3.14. The summed E-state index contributed by atoms with van der Waals surface area (Å²) >= 11 is 0. The number of halogens is 2. The van der Waals surface area contributed by atoms with E-state index in [2.05, 4.69) is 5.32 Å². The molecule has 1 saturated heterocycles. The lowest BCUT2D eigenvalue weighted by molar-refractivity contribution is -0.124. The molecule has 4 rings (SSSR count). The number of amides is 3. The van der Waals surface area contributed by atoms with Crippen LogP contribution in [-0.2, 0) is 9.59 Å². The number of carbonyl (C=O) groups excluding carboxylic acids is 3. The SMILES string of the molecule is O=C(CN1C(=O)[C@H]2CCCN2C(=O)c2ccc(F)cc21)Nc1ccccc1F. The van der Waals surface area contributed by atoms with Crippen LogP contribution >= 0.6 is 0 Å². The Morgan fingerprint density at radius 3 is 2.71 bits per heavy atom. The third kappa shape index (κ3) is 3.11. The summed E-state index contributed by atoms with van der Waals surface area (Å²) in [6, 6.07) is 8.50. The molecule has 3 amide bonds. The Morgan fingerprint density at radius 2 is 1.93 bits per heavy atom. The molecule has 0 aliphatic carbocycles. The van der Waals surface area contributed by atoms with Crippen molar-refractivity contribution in [3.05, 3.63) is 59.7 Å². The lowest BCUT2D eigenvalue weighted by Gasteiger charge is -2.25. The third-order valence-electron chi connectivity index (χ3n) is 5.00. The van der Waals surface area contributed by atoms with Gasteiger partial charge in [-0.1, -0.05) is 12.1 Å². The maximum atomic E-state index is 13.9. The van der Waals surface area contributed by atoms with Crippen molar-refractivity contribution in [1.29, 1.82) is 0 Å². The number of hydrogen-bond donors (Lipinski definition) is 1. The fraction of sp³-hybridized carbons (Fsp3) is 0.250. The molecule has 144 valence electrons. The first-order valence-electron chi connectivity index (χ1n) is 8.92. The molecule has 6 nitrogen and oxygen atoms in total. The van der Waals surface area contributed by atoms with E-state index in [0.717, 1.165) is 17.0 Å². The van der Waals surface area contributed by atoms with Gasteiger partial charge in [-0.25, -0.2) is 8.78 Å². The number of para-hydroxylation sites is 1. The molecular weight excluding hydrogens is 368 g/mol. The summed E-state index contributed by atoms with van der Waals surface area (Å²) in [5.74, 6) is -2.68. The number of hydrogen-bond acceptors (Lipinski definition) is 3. The Balaban J connectivity index is 1.68. The van der Waals surface area contributed by atoms with Crippen LogP contribution in [-0.4, -0.2) is 41.8 Å². The van der Waals surface area contributed by atoms with Gasteiger partial charge in [0.2, 0.25) is 11.8 Å². The van der Waals surface area contributed by atoms with Gasteiger partial charge in [0.1, 0.15) is 24.2 Å². The Labute approximate surface area is 159 Å². The molecule has 2 aromatic rings. The summed E-state index contributed by atoms with van der Waals surface area (Å²) < 4.78 is 27.7. The smallest absolute Gasteiger partial charge is 0.256 e. The van der Waals surface area contributed by atoms with Crippen LogP contribution in [0.2, 0.25) is 0 Å². The molecule has 1 atom stereocenters. The number of nitrogens with one attached hydrogen (secondary N) is 1. The quantitative estimate of drug-likeness (QED) is 0.883. The second-order valence-electron chi connectivity index (χ2n) is 6.77. The van der Waals surface area contributed by atoms with Gasteiger partial charge in [0.05, 0.1) is 16.9 Å². The largest absolute Gasteiger partial charge is 0.327 e. The molecule has 0 spiro atoms. The number of rotatable bonds is 3. The monoisotopic (exact) mass is 385 g/mol.